The van der Waals surface area contributed by atoms with Gasteiger partial charge in [0.2, 0.25) is 0 Å². The van der Waals surface area contributed by atoms with Crippen molar-refractivity contribution >= 4 is 11.9 Å². The van der Waals surface area contributed by atoms with Gasteiger partial charge in [-0.25, -0.2) is 4.79 Å². The van der Waals surface area contributed by atoms with Gasteiger partial charge in [-0.2, -0.15) is 0 Å². The molecule has 1 saturated heterocycles. The van der Waals surface area contributed by atoms with Crippen LogP contribution in [0.1, 0.15) is 69.1 Å². The molecule has 0 bridgehead atoms. The number of furan rings is 1. The number of ether oxygens (including phenoxy) is 2. The number of hydrogen-bond acceptors (Lipinski definition) is 5. The smallest absolute Gasteiger partial charge is 0.334 e. The van der Waals surface area contributed by atoms with Gasteiger partial charge in [0, 0.05) is 22.5 Å². The van der Waals surface area contributed by atoms with Crippen molar-refractivity contribution in [1.29, 1.82) is 0 Å². The van der Waals surface area contributed by atoms with E-state index in [0.717, 1.165) is 30.4 Å². The zero-order chi connectivity index (χ0) is 17.9. The summed E-state index contributed by atoms with van der Waals surface area (Å²) < 4.78 is 17.5. The first kappa shape index (κ1) is 16.4. The van der Waals surface area contributed by atoms with Gasteiger partial charge < -0.3 is 13.9 Å². The van der Waals surface area contributed by atoms with E-state index in [1.807, 2.05) is 13.8 Å². The lowest BCUT2D eigenvalue weighted by Crippen LogP contribution is -2.47. The Labute approximate surface area is 147 Å². The molecule has 25 heavy (non-hydrogen) atoms. The van der Waals surface area contributed by atoms with Gasteiger partial charge >= 0.3 is 11.9 Å². The molecule has 0 amide bonds. The van der Waals surface area contributed by atoms with Crippen molar-refractivity contribution in [1.82, 2.24) is 0 Å². The molecular weight excluding hydrogens is 320 g/mol. The van der Waals surface area contributed by atoms with Crippen LogP contribution in [0.3, 0.4) is 0 Å². The van der Waals surface area contributed by atoms with Crippen LogP contribution < -0.4 is 0 Å². The molecular formula is C20H24O5. The number of hydrogen-bond donors (Lipinski definition) is 0. The lowest BCUT2D eigenvalue weighted by Gasteiger charge is -2.49. The minimum atomic E-state index is -0.468. The zero-order valence-corrected chi connectivity index (χ0v) is 15.1. The summed E-state index contributed by atoms with van der Waals surface area (Å²) in [5.41, 5.74) is 2.06. The fraction of sp³-hybridized carbons (Fsp3) is 0.600. The normalized spacial score (nSPS) is 36.5. The molecule has 2 aliphatic carbocycles. The van der Waals surface area contributed by atoms with E-state index in [2.05, 4.69) is 6.92 Å². The molecule has 5 unspecified atom stereocenters. The molecule has 134 valence electrons. The van der Waals surface area contributed by atoms with E-state index in [0.29, 0.717) is 11.3 Å². The molecule has 0 spiro atoms. The molecule has 4 rings (SSSR count). The predicted molar refractivity (Wildman–Crippen MR) is 89.5 cm³/mol. The maximum Gasteiger partial charge on any atom is 0.334 e. The fourth-order valence-electron chi connectivity index (χ4n) is 5.02. The van der Waals surface area contributed by atoms with Gasteiger partial charge in [-0.1, -0.05) is 19.4 Å². The molecule has 1 aromatic heterocycles. The quantitative estimate of drug-likeness (QED) is 0.595. The van der Waals surface area contributed by atoms with Gasteiger partial charge in [-0.05, 0) is 39.2 Å². The Balaban J connectivity index is 1.84. The number of aryl methyl sites for hydroxylation is 1. The Kier molecular flexibility index (Phi) is 3.60. The molecule has 0 aromatic carbocycles. The summed E-state index contributed by atoms with van der Waals surface area (Å²) in [7, 11) is 0. The van der Waals surface area contributed by atoms with E-state index in [1.165, 1.54) is 0 Å². The Bertz CT molecular complexity index is 773. The second-order valence-electron chi connectivity index (χ2n) is 7.77. The van der Waals surface area contributed by atoms with Gasteiger partial charge in [-0.15, -0.1) is 0 Å². The van der Waals surface area contributed by atoms with Gasteiger partial charge in [0.15, 0.2) is 11.9 Å². The van der Waals surface area contributed by atoms with Crippen LogP contribution >= 0.6 is 0 Å². The van der Waals surface area contributed by atoms with Crippen molar-refractivity contribution in [3.63, 3.8) is 0 Å². The van der Waals surface area contributed by atoms with Gasteiger partial charge in [-0.3, -0.25) is 4.79 Å². The minimum absolute atomic E-state index is 0.0226. The van der Waals surface area contributed by atoms with Crippen LogP contribution in [-0.2, 0) is 19.1 Å². The van der Waals surface area contributed by atoms with E-state index >= 15 is 0 Å². The van der Waals surface area contributed by atoms with E-state index in [4.69, 9.17) is 13.9 Å². The van der Waals surface area contributed by atoms with E-state index < -0.39 is 6.10 Å². The Morgan fingerprint density at radius 1 is 1.40 bits per heavy atom. The first-order chi connectivity index (χ1) is 11.9. The lowest BCUT2D eigenvalue weighted by atomic mass is 9.54. The summed E-state index contributed by atoms with van der Waals surface area (Å²) in [6, 6.07) is 0. The maximum atomic E-state index is 12.5. The van der Waals surface area contributed by atoms with Crippen LogP contribution in [0.4, 0.5) is 0 Å². The lowest BCUT2D eigenvalue weighted by molar-refractivity contribution is -0.161. The molecule has 2 fully saturated rings. The second-order valence-corrected chi connectivity index (χ2v) is 7.77. The van der Waals surface area contributed by atoms with E-state index in [9.17, 15) is 9.59 Å². The molecule has 0 radical (unpaired) electrons. The molecule has 0 N–H and O–H groups in total. The predicted octanol–water partition coefficient (Wildman–Crippen LogP) is 4.17. The van der Waals surface area contributed by atoms with E-state index in [-0.39, 0.29) is 35.3 Å². The van der Waals surface area contributed by atoms with Crippen LogP contribution in [0.2, 0.25) is 0 Å². The van der Waals surface area contributed by atoms with Crippen molar-refractivity contribution < 1.29 is 23.5 Å². The standard InChI is InChI=1S/C20H24O5/c1-5-10(2)18(21)24-15-12-7-6-8-13-19(22)25-17(20(12,13)4)14-11(3)9-23-16(14)15/h5,9,12-13,15,17H,6-8H2,1-4H3. The summed E-state index contributed by atoms with van der Waals surface area (Å²) in [5, 5.41) is 0. The van der Waals surface area contributed by atoms with E-state index in [1.54, 1.807) is 19.3 Å². The molecule has 5 heteroatoms. The fourth-order valence-corrected chi connectivity index (χ4v) is 5.02. The first-order valence-electron chi connectivity index (χ1n) is 9.01. The molecule has 1 aromatic rings. The molecule has 5 nitrogen and oxygen atoms in total. The second kappa shape index (κ2) is 5.48. The molecule has 1 saturated carbocycles. The first-order valence-corrected chi connectivity index (χ1v) is 9.01. The Morgan fingerprint density at radius 3 is 2.88 bits per heavy atom. The van der Waals surface area contributed by atoms with Gasteiger partial charge in [0.05, 0.1) is 12.2 Å². The average molecular weight is 344 g/mol. The van der Waals surface area contributed by atoms with Crippen LogP contribution in [0.25, 0.3) is 0 Å². The number of rotatable bonds is 2. The van der Waals surface area contributed by atoms with Gasteiger partial charge in [0.25, 0.3) is 0 Å². The highest BCUT2D eigenvalue weighted by Crippen LogP contribution is 2.66. The average Bonchev–Trinajstić information content (AvgIpc) is 3.09. The number of fused-ring (bicyclic) bond motifs is 2. The summed E-state index contributed by atoms with van der Waals surface area (Å²) in [5.74, 6) is 0.0805. The van der Waals surface area contributed by atoms with Crippen molar-refractivity contribution in [2.75, 3.05) is 0 Å². The summed E-state index contributed by atoms with van der Waals surface area (Å²) in [4.78, 5) is 25.0. The summed E-state index contributed by atoms with van der Waals surface area (Å²) in [6.45, 7) is 7.63. The summed E-state index contributed by atoms with van der Waals surface area (Å²) >= 11 is 0. The molecule has 3 aliphatic rings. The van der Waals surface area contributed by atoms with Crippen LogP contribution in [0.5, 0.6) is 0 Å². The highest BCUT2D eigenvalue weighted by molar-refractivity contribution is 5.88. The third-order valence-corrected chi connectivity index (χ3v) is 6.57. The maximum absolute atomic E-state index is 12.5. The third kappa shape index (κ3) is 2.07. The number of carbonyl (C=O) groups is 2. The Morgan fingerprint density at radius 2 is 2.16 bits per heavy atom. The van der Waals surface area contributed by atoms with Crippen molar-refractivity contribution in [3.05, 3.63) is 34.8 Å². The van der Waals surface area contributed by atoms with Crippen LogP contribution in [0, 0.1) is 24.2 Å². The minimum Gasteiger partial charge on any atom is -0.465 e. The SMILES string of the molecule is CC=C(C)C(=O)OC1c2occ(C)c2C2OC(=O)C3CCCC1C32C. The molecule has 5 atom stereocenters. The monoisotopic (exact) mass is 344 g/mol. The number of allylic oxidation sites excluding steroid dienone is 1. The molecule has 1 aliphatic heterocycles. The number of carbonyl (C=O) groups excluding carboxylic acids is 2. The largest absolute Gasteiger partial charge is 0.465 e. The topological polar surface area (TPSA) is 65.7 Å². The molecule has 2 heterocycles. The zero-order valence-electron chi connectivity index (χ0n) is 15.1. The van der Waals surface area contributed by atoms with Crippen molar-refractivity contribution in [3.8, 4) is 0 Å². The Hall–Kier alpha value is -2.04. The van der Waals surface area contributed by atoms with Crippen molar-refractivity contribution in [2.24, 2.45) is 17.3 Å². The third-order valence-electron chi connectivity index (χ3n) is 6.57. The van der Waals surface area contributed by atoms with Gasteiger partial charge in [0.1, 0.15) is 6.10 Å². The summed E-state index contributed by atoms with van der Waals surface area (Å²) in [6.07, 6.45) is 5.31. The van der Waals surface area contributed by atoms with Crippen LogP contribution in [0.15, 0.2) is 22.3 Å². The highest BCUT2D eigenvalue weighted by Gasteiger charge is 2.66. The van der Waals surface area contributed by atoms with Crippen LogP contribution in [-0.4, -0.2) is 11.9 Å². The number of esters is 2. The van der Waals surface area contributed by atoms with Crippen molar-refractivity contribution in [2.45, 2.75) is 59.2 Å². The highest BCUT2D eigenvalue weighted by atomic mass is 16.6.